The molecule has 4 nitrogen and oxygen atoms in total. The molecular formula is C5H4FIN2O2. The molecule has 0 saturated carbocycles. The predicted octanol–water partition coefficient (Wildman–Crippen LogP) is 0.862. The second-order valence-corrected chi connectivity index (χ2v) is 2.96. The molecule has 6 heteroatoms. The van der Waals surface area contributed by atoms with Gasteiger partial charge >= 0.3 is 5.97 Å². The van der Waals surface area contributed by atoms with E-state index in [0.717, 1.165) is 4.68 Å². The molecule has 11 heavy (non-hydrogen) atoms. The number of rotatable bonds is 1. The van der Waals surface area contributed by atoms with Crippen molar-refractivity contribution in [3.63, 3.8) is 0 Å². The maximum absolute atomic E-state index is 12.7. The van der Waals surface area contributed by atoms with Crippen molar-refractivity contribution in [2.45, 2.75) is 0 Å². The van der Waals surface area contributed by atoms with Crippen molar-refractivity contribution in [1.29, 1.82) is 0 Å². The van der Waals surface area contributed by atoms with E-state index >= 15 is 0 Å². The van der Waals surface area contributed by atoms with E-state index in [4.69, 9.17) is 5.11 Å². The number of nitrogens with zero attached hydrogens (tertiary/aromatic N) is 2. The van der Waals surface area contributed by atoms with Crippen LogP contribution in [0.5, 0.6) is 0 Å². The third-order valence-electron chi connectivity index (χ3n) is 1.13. The molecule has 0 aromatic carbocycles. The third-order valence-corrected chi connectivity index (χ3v) is 2.08. The summed E-state index contributed by atoms with van der Waals surface area (Å²) in [6, 6.07) is 0. The molecule has 0 radical (unpaired) electrons. The number of hydrogen-bond donors (Lipinski definition) is 1. The van der Waals surface area contributed by atoms with Crippen molar-refractivity contribution in [3.8, 4) is 0 Å². The first-order valence-electron chi connectivity index (χ1n) is 2.65. The van der Waals surface area contributed by atoms with Crippen molar-refractivity contribution in [3.05, 3.63) is 15.2 Å². The lowest BCUT2D eigenvalue weighted by atomic mass is 10.4. The fraction of sp³-hybridized carbons (Fsp3) is 0.200. The van der Waals surface area contributed by atoms with Crippen LogP contribution in [-0.4, -0.2) is 20.9 Å². The highest BCUT2D eigenvalue weighted by Gasteiger charge is 2.18. The van der Waals surface area contributed by atoms with Gasteiger partial charge in [-0.25, -0.2) is 9.48 Å². The van der Waals surface area contributed by atoms with Crippen LogP contribution in [0.25, 0.3) is 0 Å². The molecule has 0 aliphatic rings. The van der Waals surface area contributed by atoms with Gasteiger partial charge < -0.3 is 5.11 Å². The molecule has 1 N–H and O–H groups in total. The van der Waals surface area contributed by atoms with Gasteiger partial charge in [0.25, 0.3) is 0 Å². The Balaban J connectivity index is 3.29. The summed E-state index contributed by atoms with van der Waals surface area (Å²) in [5, 5.41) is 11.9. The second-order valence-electron chi connectivity index (χ2n) is 1.88. The highest BCUT2D eigenvalue weighted by atomic mass is 127. The van der Waals surface area contributed by atoms with Gasteiger partial charge in [0.05, 0.1) is 0 Å². The molecule has 0 amide bonds. The summed E-state index contributed by atoms with van der Waals surface area (Å²) in [4.78, 5) is 10.3. The quantitative estimate of drug-likeness (QED) is 0.770. The van der Waals surface area contributed by atoms with Gasteiger partial charge in [-0.3, -0.25) is 0 Å². The Kier molecular flexibility index (Phi) is 2.12. The van der Waals surface area contributed by atoms with Crippen LogP contribution in [0.1, 0.15) is 10.5 Å². The molecule has 0 saturated heterocycles. The highest BCUT2D eigenvalue weighted by molar-refractivity contribution is 14.1. The topological polar surface area (TPSA) is 55.1 Å². The van der Waals surface area contributed by atoms with E-state index in [-0.39, 0.29) is 9.26 Å². The van der Waals surface area contributed by atoms with Gasteiger partial charge in [0, 0.05) is 7.05 Å². The largest absolute Gasteiger partial charge is 0.476 e. The van der Waals surface area contributed by atoms with Crippen molar-refractivity contribution >= 4 is 28.6 Å². The van der Waals surface area contributed by atoms with Gasteiger partial charge in [0.15, 0.2) is 5.69 Å². The van der Waals surface area contributed by atoms with Crippen LogP contribution in [0.3, 0.4) is 0 Å². The molecule has 0 spiro atoms. The van der Waals surface area contributed by atoms with Gasteiger partial charge in [-0.15, -0.1) is 0 Å². The molecule has 0 unspecified atom stereocenters. The van der Waals surface area contributed by atoms with E-state index in [1.807, 2.05) is 0 Å². The summed E-state index contributed by atoms with van der Waals surface area (Å²) >= 11 is 1.60. The zero-order valence-electron chi connectivity index (χ0n) is 5.51. The summed E-state index contributed by atoms with van der Waals surface area (Å²) in [6.45, 7) is 0. The molecule has 1 rings (SSSR count). The second kappa shape index (κ2) is 2.76. The van der Waals surface area contributed by atoms with Crippen LogP contribution in [0.2, 0.25) is 0 Å². The average molecular weight is 270 g/mol. The maximum Gasteiger partial charge on any atom is 0.357 e. The third kappa shape index (κ3) is 1.35. The van der Waals surface area contributed by atoms with Crippen LogP contribution in [0.15, 0.2) is 0 Å². The number of aromatic nitrogens is 2. The smallest absolute Gasteiger partial charge is 0.357 e. The van der Waals surface area contributed by atoms with E-state index in [9.17, 15) is 9.18 Å². The Bertz CT molecular complexity index is 310. The van der Waals surface area contributed by atoms with Crippen LogP contribution in [0, 0.1) is 9.52 Å². The summed E-state index contributed by atoms with van der Waals surface area (Å²) < 4.78 is 13.7. The Hall–Kier alpha value is -0.660. The normalized spacial score (nSPS) is 10.1. The van der Waals surface area contributed by atoms with E-state index in [2.05, 4.69) is 5.10 Å². The first-order valence-corrected chi connectivity index (χ1v) is 3.73. The summed E-state index contributed by atoms with van der Waals surface area (Å²) in [6.07, 6.45) is 0. The number of carboxylic acids is 1. The molecule has 1 aromatic heterocycles. The Morgan fingerprint density at radius 1 is 1.82 bits per heavy atom. The molecule has 1 aromatic rings. The Morgan fingerprint density at radius 3 is 2.55 bits per heavy atom. The lowest BCUT2D eigenvalue weighted by Crippen LogP contribution is -2.00. The lowest BCUT2D eigenvalue weighted by molar-refractivity contribution is 0.0688. The minimum Gasteiger partial charge on any atom is -0.476 e. The van der Waals surface area contributed by atoms with E-state index in [1.165, 1.54) is 7.05 Å². The van der Waals surface area contributed by atoms with E-state index in [1.54, 1.807) is 22.6 Å². The number of aryl methyl sites for hydroxylation is 1. The highest BCUT2D eigenvalue weighted by Crippen LogP contribution is 2.13. The molecule has 0 aliphatic carbocycles. The van der Waals surface area contributed by atoms with Gasteiger partial charge in [-0.05, 0) is 22.6 Å². The molecule has 60 valence electrons. The van der Waals surface area contributed by atoms with Gasteiger partial charge in [0.2, 0.25) is 5.95 Å². The monoisotopic (exact) mass is 270 g/mol. The zero-order chi connectivity index (χ0) is 8.59. The molecule has 0 aliphatic heterocycles. The van der Waals surface area contributed by atoms with Crippen LogP contribution < -0.4 is 0 Å². The molecule has 1 heterocycles. The molecular weight excluding hydrogens is 266 g/mol. The predicted molar refractivity (Wildman–Crippen MR) is 42.8 cm³/mol. The fourth-order valence-corrected chi connectivity index (χ4v) is 1.30. The Labute approximate surface area is 75.2 Å². The average Bonchev–Trinajstić information content (AvgIpc) is 2.17. The van der Waals surface area contributed by atoms with Crippen LogP contribution >= 0.6 is 22.6 Å². The number of hydrogen-bond acceptors (Lipinski definition) is 2. The molecule has 0 bridgehead atoms. The fourth-order valence-electron chi connectivity index (χ4n) is 0.614. The number of carbonyl (C=O) groups is 1. The number of aromatic carboxylic acids is 1. The van der Waals surface area contributed by atoms with Crippen molar-refractivity contribution < 1.29 is 14.3 Å². The molecule has 0 fully saturated rings. The first-order chi connectivity index (χ1) is 5.04. The van der Waals surface area contributed by atoms with Gasteiger partial charge in [-0.2, -0.15) is 9.49 Å². The minimum absolute atomic E-state index is 0.0394. The number of halogens is 2. The summed E-state index contributed by atoms with van der Waals surface area (Å²) in [5.41, 5.74) is -0.245. The number of carboxylic acid groups (broad SMARTS) is 1. The lowest BCUT2D eigenvalue weighted by Gasteiger charge is -1.84. The van der Waals surface area contributed by atoms with Crippen molar-refractivity contribution in [1.82, 2.24) is 9.78 Å². The minimum atomic E-state index is -1.21. The van der Waals surface area contributed by atoms with Gasteiger partial charge in [0.1, 0.15) is 3.57 Å². The zero-order valence-corrected chi connectivity index (χ0v) is 7.66. The van der Waals surface area contributed by atoms with Crippen molar-refractivity contribution in [2.24, 2.45) is 7.05 Å². The summed E-state index contributed by atoms with van der Waals surface area (Å²) in [7, 11) is 1.35. The standard InChI is InChI=1S/C5H4FIN2O2/c1-9-4(6)2(7)3(8-9)5(10)11/h1H3,(H,10,11). The molecule has 0 atom stereocenters. The van der Waals surface area contributed by atoms with E-state index in [0.29, 0.717) is 0 Å². The van der Waals surface area contributed by atoms with Crippen LogP contribution in [0.4, 0.5) is 4.39 Å². The first kappa shape index (κ1) is 8.44. The Morgan fingerprint density at radius 2 is 2.36 bits per heavy atom. The van der Waals surface area contributed by atoms with Crippen molar-refractivity contribution in [2.75, 3.05) is 0 Å². The van der Waals surface area contributed by atoms with E-state index < -0.39 is 11.9 Å². The van der Waals surface area contributed by atoms with Gasteiger partial charge in [-0.1, -0.05) is 0 Å². The van der Waals surface area contributed by atoms with Crippen LogP contribution in [-0.2, 0) is 7.05 Å². The SMILES string of the molecule is Cn1nc(C(=O)O)c(I)c1F. The maximum atomic E-state index is 12.7. The summed E-state index contributed by atoms with van der Waals surface area (Å²) in [5.74, 6) is -1.84.